The van der Waals surface area contributed by atoms with Crippen LogP contribution in [0.3, 0.4) is 0 Å². The molecule has 21 heavy (non-hydrogen) atoms. The Morgan fingerprint density at radius 3 is 2.43 bits per heavy atom. The molecule has 0 radical (unpaired) electrons. The molecule has 2 nitrogen and oxygen atoms in total. The van der Waals surface area contributed by atoms with Gasteiger partial charge in [0.25, 0.3) is 6.43 Å². The molecule has 0 amide bonds. The van der Waals surface area contributed by atoms with Crippen LogP contribution in [0, 0.1) is 11.6 Å². The smallest absolute Gasteiger partial charge is 0.280 e. The lowest BCUT2D eigenvalue weighted by atomic mass is 10.1. The van der Waals surface area contributed by atoms with Gasteiger partial charge in [-0.25, -0.2) is 22.5 Å². The first-order valence-corrected chi connectivity index (χ1v) is 6.23. The first-order valence-electron chi connectivity index (χ1n) is 6.23. The molecular formula is C15H10F4N2. The van der Waals surface area contributed by atoms with E-state index in [9.17, 15) is 17.6 Å². The largest absolute Gasteiger partial charge is 0.328 e. The maximum atomic E-state index is 13.7. The van der Waals surface area contributed by atoms with Gasteiger partial charge in [0.05, 0.1) is 6.54 Å². The second-order valence-electron chi connectivity index (χ2n) is 4.60. The van der Waals surface area contributed by atoms with Crippen molar-refractivity contribution in [2.24, 2.45) is 0 Å². The first-order chi connectivity index (χ1) is 10.1. The van der Waals surface area contributed by atoms with Crippen LogP contribution in [0.2, 0.25) is 0 Å². The number of alkyl halides is 2. The van der Waals surface area contributed by atoms with E-state index in [1.807, 2.05) is 0 Å². The Balaban J connectivity index is 2.05. The Morgan fingerprint density at radius 2 is 1.76 bits per heavy atom. The van der Waals surface area contributed by atoms with Crippen molar-refractivity contribution in [3.63, 3.8) is 0 Å². The van der Waals surface area contributed by atoms with E-state index < -0.39 is 18.1 Å². The molecule has 0 unspecified atom stereocenters. The lowest BCUT2D eigenvalue weighted by Gasteiger charge is -2.12. The van der Waals surface area contributed by atoms with Gasteiger partial charge in [-0.15, -0.1) is 0 Å². The van der Waals surface area contributed by atoms with Crippen molar-refractivity contribution in [3.8, 4) is 11.4 Å². The summed E-state index contributed by atoms with van der Waals surface area (Å²) in [6.07, 6.45) is -1.13. The number of fused-ring (bicyclic) bond motifs is 1. The summed E-state index contributed by atoms with van der Waals surface area (Å²) in [4.78, 5) is 3.84. The Kier molecular flexibility index (Phi) is 3.37. The number of hydrogen-bond acceptors (Lipinski definition) is 1. The molecule has 0 N–H and O–H groups in total. The number of benzene rings is 1. The molecular weight excluding hydrogens is 284 g/mol. The summed E-state index contributed by atoms with van der Waals surface area (Å²) < 4.78 is 54.2. The molecule has 0 fully saturated rings. The highest BCUT2D eigenvalue weighted by Crippen LogP contribution is 2.28. The van der Waals surface area contributed by atoms with Gasteiger partial charge in [-0.2, -0.15) is 0 Å². The Labute approximate surface area is 118 Å². The molecule has 0 atom stereocenters. The van der Waals surface area contributed by atoms with Crippen LogP contribution in [-0.4, -0.2) is 9.55 Å². The number of aromatic nitrogens is 2. The van der Waals surface area contributed by atoms with Gasteiger partial charge in [0.15, 0.2) is 0 Å². The van der Waals surface area contributed by atoms with E-state index in [0.29, 0.717) is 5.56 Å². The second kappa shape index (κ2) is 5.20. The van der Waals surface area contributed by atoms with E-state index in [-0.39, 0.29) is 23.6 Å². The minimum atomic E-state index is -2.68. The molecule has 0 bridgehead atoms. The van der Waals surface area contributed by atoms with Crippen molar-refractivity contribution in [2.75, 3.05) is 0 Å². The van der Waals surface area contributed by atoms with Crippen LogP contribution in [-0.2, 0) is 6.54 Å². The fourth-order valence-corrected chi connectivity index (χ4v) is 2.21. The Hall–Kier alpha value is -2.37. The number of rotatable bonds is 3. The van der Waals surface area contributed by atoms with Gasteiger partial charge in [0.1, 0.15) is 23.2 Å². The summed E-state index contributed by atoms with van der Waals surface area (Å²) in [7, 11) is 0. The fraction of sp³-hybridized carbons (Fsp3) is 0.133. The molecule has 0 saturated heterocycles. The van der Waals surface area contributed by atoms with E-state index in [2.05, 4.69) is 4.98 Å². The highest BCUT2D eigenvalue weighted by molar-refractivity contribution is 5.59. The molecule has 2 aliphatic rings. The monoisotopic (exact) mass is 294 g/mol. The molecule has 3 rings (SSSR count). The van der Waals surface area contributed by atoms with Crippen LogP contribution in [0.15, 0.2) is 42.6 Å². The van der Waals surface area contributed by atoms with Crippen molar-refractivity contribution in [1.29, 1.82) is 0 Å². The van der Waals surface area contributed by atoms with Crippen LogP contribution in [0.5, 0.6) is 0 Å². The first kappa shape index (κ1) is 13.6. The quantitative estimate of drug-likeness (QED) is 0.660. The third-order valence-corrected chi connectivity index (χ3v) is 3.22. The fourth-order valence-electron chi connectivity index (χ4n) is 2.21. The minimum absolute atomic E-state index is 0.116. The third-order valence-electron chi connectivity index (χ3n) is 3.22. The third kappa shape index (κ3) is 2.49. The summed E-state index contributed by atoms with van der Waals surface area (Å²) in [6, 6.07) is 8.11. The van der Waals surface area contributed by atoms with Gasteiger partial charge < -0.3 is 4.57 Å². The van der Waals surface area contributed by atoms with Gasteiger partial charge in [-0.3, -0.25) is 0 Å². The van der Waals surface area contributed by atoms with Crippen LogP contribution >= 0.6 is 0 Å². The zero-order chi connectivity index (χ0) is 15.0. The summed E-state index contributed by atoms with van der Waals surface area (Å²) in [5.74, 6) is -1.09. The number of halogens is 4. The topological polar surface area (TPSA) is 17.8 Å². The predicted octanol–water partition coefficient (Wildman–Crippen LogP) is 4.25. The minimum Gasteiger partial charge on any atom is -0.328 e. The summed E-state index contributed by atoms with van der Waals surface area (Å²) in [5, 5.41) is 0. The van der Waals surface area contributed by atoms with Gasteiger partial charge in [-0.1, -0.05) is 6.07 Å². The zero-order valence-corrected chi connectivity index (χ0v) is 10.7. The van der Waals surface area contributed by atoms with Crippen LogP contribution in [0.1, 0.15) is 17.7 Å². The molecule has 2 aliphatic heterocycles. The number of hydrogen-bond donors (Lipinski definition) is 0. The highest BCUT2D eigenvalue weighted by atomic mass is 19.3. The van der Waals surface area contributed by atoms with Gasteiger partial charge in [0.2, 0.25) is 0 Å². The molecule has 2 heterocycles. The van der Waals surface area contributed by atoms with E-state index in [1.165, 1.54) is 16.7 Å². The molecule has 0 saturated carbocycles. The molecule has 0 aliphatic carbocycles. The average molecular weight is 294 g/mol. The summed E-state index contributed by atoms with van der Waals surface area (Å²) in [5.41, 5.74) is 0.0279. The molecule has 1 aromatic rings. The van der Waals surface area contributed by atoms with Crippen molar-refractivity contribution < 1.29 is 17.6 Å². The van der Waals surface area contributed by atoms with Crippen LogP contribution < -0.4 is 0 Å². The van der Waals surface area contributed by atoms with Crippen molar-refractivity contribution in [2.45, 2.75) is 13.0 Å². The maximum Gasteiger partial charge on any atom is 0.280 e. The second-order valence-corrected chi connectivity index (χ2v) is 4.60. The number of nitrogens with zero attached hydrogens (tertiary/aromatic N) is 2. The Morgan fingerprint density at radius 1 is 1.05 bits per heavy atom. The van der Waals surface area contributed by atoms with Crippen molar-refractivity contribution in [1.82, 2.24) is 9.55 Å². The standard InChI is InChI=1S/C15H10F4N2/c16-11-4-1-5-12(17)10(11)8-21-6-2-3-9-7-13(14(18)19)20-15(9)21/h1-7,14H,8H2. The van der Waals surface area contributed by atoms with E-state index in [0.717, 1.165) is 12.1 Å². The summed E-state index contributed by atoms with van der Waals surface area (Å²) >= 11 is 0. The lowest BCUT2D eigenvalue weighted by molar-refractivity contribution is 0.147. The van der Waals surface area contributed by atoms with Crippen LogP contribution in [0.25, 0.3) is 11.4 Å². The Bertz CT molecular complexity index is 731. The van der Waals surface area contributed by atoms with Crippen LogP contribution in [0.4, 0.5) is 17.6 Å². The predicted molar refractivity (Wildman–Crippen MR) is 69.3 cm³/mol. The number of pyridine rings is 1. The normalized spacial score (nSPS) is 11.5. The molecule has 6 heteroatoms. The van der Waals surface area contributed by atoms with Crippen molar-refractivity contribution in [3.05, 3.63) is 65.5 Å². The highest BCUT2D eigenvalue weighted by Gasteiger charge is 2.19. The molecule has 108 valence electrons. The van der Waals surface area contributed by atoms with E-state index in [1.54, 1.807) is 18.3 Å². The van der Waals surface area contributed by atoms with E-state index in [4.69, 9.17) is 0 Å². The molecule has 1 aromatic carbocycles. The maximum absolute atomic E-state index is 13.7. The molecule has 0 aromatic heterocycles. The summed E-state index contributed by atoms with van der Waals surface area (Å²) in [6.45, 7) is -0.116. The van der Waals surface area contributed by atoms with Crippen molar-refractivity contribution >= 4 is 0 Å². The van der Waals surface area contributed by atoms with Gasteiger partial charge >= 0.3 is 0 Å². The lowest BCUT2D eigenvalue weighted by Crippen LogP contribution is -2.08. The average Bonchev–Trinajstić information content (AvgIpc) is 2.88. The van der Waals surface area contributed by atoms with Gasteiger partial charge in [-0.05, 0) is 30.3 Å². The van der Waals surface area contributed by atoms with Gasteiger partial charge in [0, 0.05) is 17.3 Å². The van der Waals surface area contributed by atoms with E-state index >= 15 is 0 Å². The zero-order valence-electron chi connectivity index (χ0n) is 10.7. The molecule has 0 spiro atoms. The SMILES string of the molecule is Fc1cccc(F)c1Cn1cccc2cc(C(F)F)nc1-2.